The molecule has 1 saturated heterocycles. The third-order valence-electron chi connectivity index (χ3n) is 3.96. The van der Waals surface area contributed by atoms with E-state index in [9.17, 15) is 4.79 Å². The predicted molar refractivity (Wildman–Crippen MR) is 78.7 cm³/mol. The lowest BCUT2D eigenvalue weighted by Gasteiger charge is -2.39. The molecule has 5 heteroatoms. The quantitative estimate of drug-likeness (QED) is 0.781. The lowest BCUT2D eigenvalue weighted by molar-refractivity contribution is 0.0462. The Labute approximate surface area is 122 Å². The molecule has 0 aromatic carbocycles. The van der Waals surface area contributed by atoms with Crippen molar-refractivity contribution in [3.8, 4) is 0 Å². The summed E-state index contributed by atoms with van der Waals surface area (Å²) >= 11 is 0. The molecule has 2 aliphatic rings. The van der Waals surface area contributed by atoms with Gasteiger partial charge in [0.05, 0.1) is 0 Å². The van der Waals surface area contributed by atoms with Gasteiger partial charge in [0.2, 0.25) is 0 Å². The van der Waals surface area contributed by atoms with Crippen LogP contribution in [0.4, 0.5) is 4.79 Å². The normalized spacial score (nSPS) is 30.8. The second kappa shape index (κ2) is 6.80. The maximum absolute atomic E-state index is 11.7. The molecule has 3 unspecified atom stereocenters. The average Bonchev–Trinajstić information content (AvgIpc) is 2.26. The van der Waals surface area contributed by atoms with Crippen LogP contribution in [0.2, 0.25) is 0 Å². The number of nitrogens with one attached hydrogen (secondary N) is 2. The van der Waals surface area contributed by atoms with Crippen molar-refractivity contribution in [1.82, 2.24) is 10.6 Å². The minimum absolute atomic E-state index is 0. The minimum Gasteiger partial charge on any atom is -0.444 e. The van der Waals surface area contributed by atoms with Gasteiger partial charge >= 0.3 is 6.09 Å². The van der Waals surface area contributed by atoms with Crippen LogP contribution in [0.25, 0.3) is 0 Å². The number of ether oxygens (including phenoxy) is 1. The van der Waals surface area contributed by atoms with Gasteiger partial charge in [0, 0.05) is 6.04 Å². The molecule has 1 heterocycles. The average molecular weight is 291 g/mol. The molecular weight excluding hydrogens is 264 g/mol. The van der Waals surface area contributed by atoms with Crippen molar-refractivity contribution < 1.29 is 9.53 Å². The fourth-order valence-electron chi connectivity index (χ4n) is 3.13. The van der Waals surface area contributed by atoms with Crippen molar-refractivity contribution in [3.05, 3.63) is 0 Å². The molecule has 4 nitrogen and oxygen atoms in total. The minimum atomic E-state index is -0.407. The zero-order valence-corrected chi connectivity index (χ0v) is 13.0. The summed E-state index contributed by atoms with van der Waals surface area (Å²) in [7, 11) is 0. The van der Waals surface area contributed by atoms with Crippen molar-refractivity contribution in [1.29, 1.82) is 0 Å². The Balaban J connectivity index is 0.00000180. The topological polar surface area (TPSA) is 50.4 Å². The Morgan fingerprint density at radius 3 is 2.63 bits per heavy atom. The molecule has 1 aliphatic heterocycles. The summed E-state index contributed by atoms with van der Waals surface area (Å²) in [4.78, 5) is 11.7. The number of hydrogen-bond acceptors (Lipinski definition) is 3. The molecule has 0 bridgehead atoms. The van der Waals surface area contributed by atoms with Gasteiger partial charge in [-0.05, 0) is 71.4 Å². The van der Waals surface area contributed by atoms with Gasteiger partial charge in [-0.3, -0.25) is 0 Å². The second-order valence-electron chi connectivity index (χ2n) is 6.67. The summed E-state index contributed by atoms with van der Waals surface area (Å²) < 4.78 is 5.31. The maximum Gasteiger partial charge on any atom is 0.407 e. The van der Waals surface area contributed by atoms with Gasteiger partial charge in [-0.1, -0.05) is 0 Å². The smallest absolute Gasteiger partial charge is 0.407 e. The molecule has 1 aliphatic carbocycles. The van der Waals surface area contributed by atoms with Crippen LogP contribution in [0.3, 0.4) is 0 Å². The zero-order chi connectivity index (χ0) is 13.2. The van der Waals surface area contributed by atoms with Crippen LogP contribution in [0.15, 0.2) is 0 Å². The molecule has 19 heavy (non-hydrogen) atoms. The van der Waals surface area contributed by atoms with Gasteiger partial charge in [0.1, 0.15) is 5.60 Å². The molecule has 112 valence electrons. The predicted octanol–water partition coefficient (Wildman–Crippen LogP) is 2.71. The fourth-order valence-corrected chi connectivity index (χ4v) is 3.13. The van der Waals surface area contributed by atoms with Crippen molar-refractivity contribution in [2.45, 2.75) is 58.1 Å². The number of amides is 1. The molecule has 2 N–H and O–H groups in total. The summed E-state index contributed by atoms with van der Waals surface area (Å²) in [5, 5.41) is 6.49. The maximum atomic E-state index is 11.7. The zero-order valence-electron chi connectivity index (χ0n) is 12.2. The molecule has 0 aromatic rings. The monoisotopic (exact) mass is 290 g/mol. The number of carbonyl (C=O) groups is 1. The van der Waals surface area contributed by atoms with E-state index in [4.69, 9.17) is 4.74 Å². The molecule has 0 radical (unpaired) electrons. The van der Waals surface area contributed by atoms with Crippen molar-refractivity contribution in [3.63, 3.8) is 0 Å². The number of hydrogen-bond donors (Lipinski definition) is 2. The lowest BCUT2D eigenvalue weighted by atomic mass is 9.74. The van der Waals surface area contributed by atoms with Gasteiger partial charge in [0.15, 0.2) is 0 Å². The first-order valence-electron chi connectivity index (χ1n) is 7.14. The van der Waals surface area contributed by atoms with Crippen molar-refractivity contribution in [2.75, 3.05) is 13.1 Å². The van der Waals surface area contributed by atoms with E-state index in [1.54, 1.807) is 0 Å². The Hall–Kier alpha value is -0.480. The first-order valence-corrected chi connectivity index (χ1v) is 7.14. The highest BCUT2D eigenvalue weighted by atomic mass is 35.5. The van der Waals surface area contributed by atoms with Crippen LogP contribution in [0.5, 0.6) is 0 Å². The SMILES string of the molecule is CC(C)(C)OC(=O)NC1CCC2CNCCC2C1.Cl. The number of halogens is 1. The van der Waals surface area contributed by atoms with Crippen LogP contribution < -0.4 is 10.6 Å². The number of fused-ring (bicyclic) bond motifs is 1. The van der Waals surface area contributed by atoms with Crippen molar-refractivity contribution >= 4 is 18.5 Å². The Bertz CT molecular complexity index is 304. The van der Waals surface area contributed by atoms with E-state index in [1.165, 1.54) is 12.8 Å². The van der Waals surface area contributed by atoms with Gasteiger partial charge < -0.3 is 15.4 Å². The molecule has 1 amide bonds. The largest absolute Gasteiger partial charge is 0.444 e. The highest BCUT2D eigenvalue weighted by Crippen LogP contribution is 2.33. The third kappa shape index (κ3) is 5.19. The number of alkyl carbamates (subject to hydrolysis) is 1. The molecular formula is C14H27ClN2O2. The van der Waals surface area contributed by atoms with Gasteiger partial charge in [-0.2, -0.15) is 0 Å². The molecule has 2 fully saturated rings. The number of carbonyl (C=O) groups excluding carboxylic acids is 1. The molecule has 0 spiro atoms. The van der Waals surface area contributed by atoms with E-state index in [0.717, 1.165) is 37.8 Å². The van der Waals surface area contributed by atoms with Crippen molar-refractivity contribution in [2.24, 2.45) is 11.8 Å². The van der Waals surface area contributed by atoms with Crippen LogP contribution in [-0.4, -0.2) is 30.8 Å². The van der Waals surface area contributed by atoms with Gasteiger partial charge in [-0.25, -0.2) is 4.79 Å². The highest BCUT2D eigenvalue weighted by molar-refractivity contribution is 5.85. The highest BCUT2D eigenvalue weighted by Gasteiger charge is 2.33. The first-order chi connectivity index (χ1) is 8.44. The summed E-state index contributed by atoms with van der Waals surface area (Å²) in [6.45, 7) is 7.98. The van der Waals surface area contributed by atoms with E-state index < -0.39 is 5.60 Å². The van der Waals surface area contributed by atoms with E-state index in [1.807, 2.05) is 20.8 Å². The van der Waals surface area contributed by atoms with Crippen LogP contribution in [-0.2, 0) is 4.74 Å². The Kier molecular flexibility index (Phi) is 5.93. The Morgan fingerprint density at radius 2 is 1.95 bits per heavy atom. The Morgan fingerprint density at radius 1 is 1.21 bits per heavy atom. The number of piperidine rings is 1. The van der Waals surface area contributed by atoms with Crippen LogP contribution >= 0.6 is 12.4 Å². The van der Waals surface area contributed by atoms with E-state index in [-0.39, 0.29) is 18.5 Å². The molecule has 0 aromatic heterocycles. The molecule has 1 saturated carbocycles. The number of rotatable bonds is 1. The summed E-state index contributed by atoms with van der Waals surface area (Å²) in [6.07, 6.45) is 4.41. The van der Waals surface area contributed by atoms with Crippen LogP contribution in [0.1, 0.15) is 46.5 Å². The third-order valence-corrected chi connectivity index (χ3v) is 3.96. The molecule has 2 rings (SSSR count). The summed E-state index contributed by atoms with van der Waals surface area (Å²) in [6, 6.07) is 0.305. The summed E-state index contributed by atoms with van der Waals surface area (Å²) in [5.41, 5.74) is -0.407. The van der Waals surface area contributed by atoms with Gasteiger partial charge in [-0.15, -0.1) is 12.4 Å². The van der Waals surface area contributed by atoms with E-state index in [2.05, 4.69) is 10.6 Å². The van der Waals surface area contributed by atoms with Crippen LogP contribution in [0, 0.1) is 11.8 Å². The standard InChI is InChI=1S/C14H26N2O2.ClH/c1-14(2,3)18-13(17)16-12-5-4-11-9-15-7-6-10(11)8-12;/h10-12,15H,4-9H2,1-3H3,(H,16,17);1H. The fraction of sp³-hybridized carbons (Fsp3) is 0.929. The summed E-state index contributed by atoms with van der Waals surface area (Å²) in [5.74, 6) is 1.59. The molecule has 3 atom stereocenters. The van der Waals surface area contributed by atoms with E-state index in [0.29, 0.717) is 6.04 Å². The van der Waals surface area contributed by atoms with E-state index >= 15 is 0 Å². The lowest BCUT2D eigenvalue weighted by Crippen LogP contribution is -2.47. The first kappa shape index (κ1) is 16.6. The second-order valence-corrected chi connectivity index (χ2v) is 6.67. The van der Waals surface area contributed by atoms with Gasteiger partial charge in [0.25, 0.3) is 0 Å².